The van der Waals surface area contributed by atoms with Gasteiger partial charge in [-0.3, -0.25) is 4.79 Å². The van der Waals surface area contributed by atoms with Crippen molar-refractivity contribution in [2.75, 3.05) is 0 Å². The molecule has 0 spiro atoms. The van der Waals surface area contributed by atoms with Gasteiger partial charge >= 0.3 is 6.01 Å². The van der Waals surface area contributed by atoms with E-state index in [0.29, 0.717) is 10.1 Å². The first-order valence-electron chi connectivity index (χ1n) is 4.38. The molecule has 1 unspecified atom stereocenters. The van der Waals surface area contributed by atoms with E-state index < -0.39 is 17.3 Å². The Bertz CT molecular complexity index is 449. The normalized spacial score (nSPS) is 21.1. The van der Waals surface area contributed by atoms with Crippen LogP contribution in [-0.2, 0) is 9.63 Å². The van der Waals surface area contributed by atoms with Crippen molar-refractivity contribution < 1.29 is 14.0 Å². The zero-order valence-corrected chi connectivity index (χ0v) is 9.37. The highest BCUT2D eigenvalue weighted by Gasteiger charge is 2.40. The lowest BCUT2D eigenvalue weighted by Gasteiger charge is -2.12. The highest BCUT2D eigenvalue weighted by atomic mass is 35.5. The predicted octanol–water partition coefficient (Wildman–Crippen LogP) is 2.86. The molecule has 2 rings (SSSR count). The summed E-state index contributed by atoms with van der Waals surface area (Å²) in [6, 6.07) is 6.42. The molecule has 0 radical (unpaired) electrons. The van der Waals surface area contributed by atoms with Crippen LogP contribution < -0.4 is 0 Å². The summed E-state index contributed by atoms with van der Waals surface area (Å²) in [4.78, 5) is 15.7. The molecule has 3 nitrogen and oxygen atoms in total. The third-order valence-electron chi connectivity index (χ3n) is 2.16. The van der Waals surface area contributed by atoms with Crippen molar-refractivity contribution in [2.24, 2.45) is 0 Å². The quantitative estimate of drug-likeness (QED) is 0.606. The maximum absolute atomic E-state index is 13.5. The van der Waals surface area contributed by atoms with Gasteiger partial charge in [-0.15, -0.1) is 0 Å². The molecule has 0 saturated carbocycles. The average Bonchev–Trinajstić information content (AvgIpc) is 2.55. The number of hydrogen-bond acceptors (Lipinski definition) is 3. The number of hydroxylamine groups is 1. The number of halogens is 3. The first-order chi connectivity index (χ1) is 7.61. The molecule has 0 amide bonds. The average molecular weight is 262 g/mol. The van der Waals surface area contributed by atoms with E-state index in [0.717, 1.165) is 0 Å². The van der Waals surface area contributed by atoms with Gasteiger partial charge in [0.25, 0.3) is 0 Å². The van der Waals surface area contributed by atoms with Crippen LogP contribution in [0.3, 0.4) is 0 Å². The highest BCUT2D eigenvalue weighted by molar-refractivity contribution is 6.66. The van der Waals surface area contributed by atoms with Gasteiger partial charge in [0.1, 0.15) is 0 Å². The molecule has 0 fully saturated rings. The third kappa shape index (κ3) is 1.91. The monoisotopic (exact) mass is 261 g/mol. The molecule has 1 aliphatic heterocycles. The van der Waals surface area contributed by atoms with Crippen LogP contribution in [0.1, 0.15) is 5.56 Å². The van der Waals surface area contributed by atoms with E-state index in [9.17, 15) is 9.18 Å². The summed E-state index contributed by atoms with van der Waals surface area (Å²) in [7, 11) is 0. The third-order valence-corrected chi connectivity index (χ3v) is 2.63. The Morgan fingerprint density at radius 1 is 1.38 bits per heavy atom. The van der Waals surface area contributed by atoms with Crippen molar-refractivity contribution in [2.45, 2.75) is 6.04 Å². The van der Waals surface area contributed by atoms with E-state index in [1.165, 1.54) is 0 Å². The van der Waals surface area contributed by atoms with E-state index in [1.807, 2.05) is 0 Å². The molecule has 1 aromatic carbocycles. The first kappa shape index (κ1) is 11.4. The van der Waals surface area contributed by atoms with Crippen molar-refractivity contribution in [1.82, 2.24) is 4.58 Å². The van der Waals surface area contributed by atoms with E-state index in [2.05, 4.69) is 4.84 Å². The smallest absolute Gasteiger partial charge is 0.301 e. The summed E-state index contributed by atoms with van der Waals surface area (Å²) >= 11 is 10.9. The van der Waals surface area contributed by atoms with Gasteiger partial charge in [0.2, 0.25) is 5.24 Å². The predicted molar refractivity (Wildman–Crippen MR) is 57.9 cm³/mol. The SMILES string of the molecule is O=C(Cl)C1C(c2ccccc2)=C(F)ON1Cl. The molecule has 1 aromatic rings. The van der Waals surface area contributed by atoms with Crippen LogP contribution in [0.4, 0.5) is 4.39 Å². The molecule has 1 atom stereocenters. The van der Waals surface area contributed by atoms with Gasteiger partial charge in [0.15, 0.2) is 6.04 Å². The summed E-state index contributed by atoms with van der Waals surface area (Å²) in [6.45, 7) is 0. The fourth-order valence-corrected chi connectivity index (χ4v) is 1.96. The number of benzene rings is 1. The van der Waals surface area contributed by atoms with Crippen molar-refractivity contribution >= 4 is 34.2 Å². The van der Waals surface area contributed by atoms with Crippen LogP contribution in [0.5, 0.6) is 0 Å². The number of carbonyl (C=O) groups excluding carboxylic acids is 1. The van der Waals surface area contributed by atoms with Gasteiger partial charge in [-0.05, 0) is 21.7 Å². The summed E-state index contributed by atoms with van der Waals surface area (Å²) in [5.74, 6) is 0. The fraction of sp³-hybridized carbons (Fsp3) is 0.100. The summed E-state index contributed by atoms with van der Waals surface area (Å²) in [5, 5.41) is -0.804. The molecule has 1 aliphatic rings. The standard InChI is InChI=1S/C10H6Cl2FNO2/c11-9(15)8-7(10(13)16-14(8)12)6-4-2-1-3-5-6/h1-5,8H. The second-order valence-electron chi connectivity index (χ2n) is 3.12. The minimum absolute atomic E-state index is 0.0376. The van der Waals surface area contributed by atoms with Crippen LogP contribution in [0.25, 0.3) is 5.57 Å². The largest absolute Gasteiger partial charge is 0.358 e. The minimum Gasteiger partial charge on any atom is -0.358 e. The highest BCUT2D eigenvalue weighted by Crippen LogP contribution is 2.36. The lowest BCUT2D eigenvalue weighted by Crippen LogP contribution is -2.27. The number of hydrogen-bond donors (Lipinski definition) is 0. The zero-order chi connectivity index (χ0) is 11.7. The molecule has 0 N–H and O–H groups in total. The van der Waals surface area contributed by atoms with Gasteiger partial charge in [-0.2, -0.15) is 4.39 Å². The van der Waals surface area contributed by atoms with Crippen molar-refractivity contribution in [3.63, 3.8) is 0 Å². The Balaban J connectivity index is 2.46. The summed E-state index contributed by atoms with van der Waals surface area (Å²) in [6.07, 6.45) is 0. The Morgan fingerprint density at radius 3 is 2.56 bits per heavy atom. The fourth-order valence-electron chi connectivity index (χ4n) is 1.47. The Morgan fingerprint density at radius 2 is 2.00 bits per heavy atom. The maximum Gasteiger partial charge on any atom is 0.301 e. The zero-order valence-electron chi connectivity index (χ0n) is 7.86. The number of nitrogens with zero attached hydrogens (tertiary/aromatic N) is 1. The lowest BCUT2D eigenvalue weighted by molar-refractivity contribution is -0.121. The van der Waals surface area contributed by atoms with Crippen LogP contribution in [-0.4, -0.2) is 15.9 Å². The molecule has 6 heteroatoms. The Hall–Kier alpha value is -1.10. The maximum atomic E-state index is 13.5. The second-order valence-corrected chi connectivity index (χ2v) is 3.83. The van der Waals surface area contributed by atoms with Gasteiger partial charge in [-0.25, -0.2) is 0 Å². The molecule has 0 saturated heterocycles. The lowest BCUT2D eigenvalue weighted by atomic mass is 10.0. The van der Waals surface area contributed by atoms with Gasteiger partial charge in [0, 0.05) is 11.8 Å². The second kappa shape index (κ2) is 4.41. The Kier molecular flexibility index (Phi) is 3.14. The summed E-state index contributed by atoms with van der Waals surface area (Å²) in [5.41, 5.74) is 0.540. The van der Waals surface area contributed by atoms with Crippen molar-refractivity contribution in [3.05, 3.63) is 41.9 Å². The van der Waals surface area contributed by atoms with E-state index >= 15 is 0 Å². The number of rotatable bonds is 2. The van der Waals surface area contributed by atoms with Crippen LogP contribution in [0.2, 0.25) is 0 Å². The molecular weight excluding hydrogens is 256 g/mol. The van der Waals surface area contributed by atoms with Crippen molar-refractivity contribution in [1.29, 1.82) is 0 Å². The van der Waals surface area contributed by atoms with Gasteiger partial charge in [0.05, 0.1) is 5.57 Å². The molecule has 1 heterocycles. The molecule has 0 bridgehead atoms. The van der Waals surface area contributed by atoms with E-state index in [1.54, 1.807) is 30.3 Å². The molecular formula is C10H6Cl2FNO2. The topological polar surface area (TPSA) is 29.5 Å². The number of carbonyl (C=O) groups is 1. The molecule has 84 valence electrons. The van der Waals surface area contributed by atoms with E-state index in [-0.39, 0.29) is 5.57 Å². The van der Waals surface area contributed by atoms with Gasteiger partial charge < -0.3 is 4.84 Å². The minimum atomic E-state index is -1.13. The summed E-state index contributed by atoms with van der Waals surface area (Å²) < 4.78 is 14.0. The van der Waals surface area contributed by atoms with Crippen molar-refractivity contribution in [3.8, 4) is 0 Å². The molecule has 0 aliphatic carbocycles. The first-order valence-corrected chi connectivity index (χ1v) is 5.10. The molecule has 0 aromatic heterocycles. The van der Waals surface area contributed by atoms with Crippen LogP contribution in [0.15, 0.2) is 36.3 Å². The Labute approximate surface area is 101 Å². The van der Waals surface area contributed by atoms with Crippen LogP contribution in [0, 0.1) is 0 Å². The molecule has 16 heavy (non-hydrogen) atoms. The van der Waals surface area contributed by atoms with Gasteiger partial charge in [-0.1, -0.05) is 30.3 Å². The van der Waals surface area contributed by atoms with Crippen LogP contribution >= 0.6 is 23.4 Å². The van der Waals surface area contributed by atoms with E-state index in [4.69, 9.17) is 23.4 Å².